The first kappa shape index (κ1) is 18.6. The van der Waals surface area contributed by atoms with Crippen LogP contribution < -0.4 is 4.72 Å². The van der Waals surface area contributed by atoms with Crippen molar-refractivity contribution in [3.8, 4) is 0 Å². The van der Waals surface area contributed by atoms with Crippen LogP contribution in [0.3, 0.4) is 0 Å². The Bertz CT molecular complexity index is 1050. The molecular weight excluding hydrogens is 368 g/mol. The number of nitrogens with zero attached hydrogens (tertiary/aromatic N) is 1. The van der Waals surface area contributed by atoms with E-state index in [9.17, 15) is 23.6 Å². The highest BCUT2D eigenvalue weighted by Crippen LogP contribution is 2.30. The Morgan fingerprint density at radius 2 is 1.48 bits per heavy atom. The number of rotatable bonds is 6. The highest BCUT2D eigenvalue weighted by atomic mass is 32.2. The number of hydrogen-bond acceptors (Lipinski definition) is 5. The van der Waals surface area contributed by atoms with Gasteiger partial charge in [0.15, 0.2) is 0 Å². The summed E-state index contributed by atoms with van der Waals surface area (Å²) in [6.07, 6.45) is -1.01. The lowest BCUT2D eigenvalue weighted by Crippen LogP contribution is -2.15. The molecule has 0 radical (unpaired) electrons. The second-order valence-corrected chi connectivity index (χ2v) is 7.44. The lowest BCUT2D eigenvalue weighted by atomic mass is 10.0. The third-order valence-electron chi connectivity index (χ3n) is 3.97. The molecule has 0 saturated heterocycles. The largest absolute Gasteiger partial charge is 0.384 e. The first-order chi connectivity index (χ1) is 12.9. The number of benzene rings is 3. The molecule has 3 rings (SSSR count). The molecule has 0 saturated carbocycles. The minimum Gasteiger partial charge on any atom is -0.384 e. The van der Waals surface area contributed by atoms with Gasteiger partial charge in [-0.05, 0) is 23.8 Å². The van der Waals surface area contributed by atoms with Crippen LogP contribution in [-0.2, 0) is 10.0 Å². The summed E-state index contributed by atoms with van der Waals surface area (Å²) < 4.78 is 27.7. The zero-order valence-corrected chi connectivity index (χ0v) is 14.8. The summed E-state index contributed by atoms with van der Waals surface area (Å²) >= 11 is 0. The summed E-state index contributed by atoms with van der Waals surface area (Å²) in [5.41, 5.74) is 1.05. The average molecular weight is 384 g/mol. The molecule has 0 amide bonds. The highest BCUT2D eigenvalue weighted by molar-refractivity contribution is 7.92. The van der Waals surface area contributed by atoms with Crippen LogP contribution >= 0.6 is 0 Å². The minimum absolute atomic E-state index is 0.114. The predicted octanol–water partition coefficient (Wildman–Crippen LogP) is 3.48. The van der Waals surface area contributed by atoms with E-state index in [4.69, 9.17) is 0 Å². The molecule has 0 aliphatic rings. The molecule has 3 aromatic carbocycles. The molecule has 0 heterocycles. The number of anilines is 1. The smallest absolute Gasteiger partial charge is 0.269 e. The fourth-order valence-electron chi connectivity index (χ4n) is 2.59. The summed E-state index contributed by atoms with van der Waals surface area (Å²) in [7, 11) is -3.98. The molecular formula is C19H16N2O5S. The van der Waals surface area contributed by atoms with Crippen LogP contribution in [0.5, 0.6) is 0 Å². The Balaban J connectivity index is 1.92. The van der Waals surface area contributed by atoms with Gasteiger partial charge in [-0.15, -0.1) is 0 Å². The molecule has 0 fully saturated rings. The van der Waals surface area contributed by atoms with E-state index in [0.29, 0.717) is 11.1 Å². The van der Waals surface area contributed by atoms with Gasteiger partial charge >= 0.3 is 0 Å². The van der Waals surface area contributed by atoms with Crippen molar-refractivity contribution in [2.45, 2.75) is 11.0 Å². The van der Waals surface area contributed by atoms with Gasteiger partial charge in [0, 0.05) is 17.7 Å². The Kier molecular flexibility index (Phi) is 5.20. The quantitative estimate of drug-likeness (QED) is 0.499. The van der Waals surface area contributed by atoms with Crippen molar-refractivity contribution in [2.75, 3.05) is 4.72 Å². The fraction of sp³-hybridized carbons (Fsp3) is 0.0526. The van der Waals surface area contributed by atoms with Crippen LogP contribution in [0.1, 0.15) is 17.2 Å². The van der Waals surface area contributed by atoms with Gasteiger partial charge in [-0.2, -0.15) is 0 Å². The Morgan fingerprint density at radius 3 is 2.11 bits per heavy atom. The van der Waals surface area contributed by atoms with Gasteiger partial charge < -0.3 is 5.11 Å². The third-order valence-corrected chi connectivity index (χ3v) is 5.35. The number of nitro benzene ring substituents is 1. The maximum Gasteiger partial charge on any atom is 0.269 e. The van der Waals surface area contributed by atoms with E-state index in [1.165, 1.54) is 0 Å². The number of nitrogens with one attached hydrogen (secondary N) is 1. The molecule has 8 heteroatoms. The standard InChI is InChI=1S/C19H16N2O5S/c22-19(14-6-2-1-3-7-14)17-8-4-5-9-18(17)20-27(25,26)16-12-10-15(11-13-16)21(23)24/h1-13,19-20,22H. The fourth-order valence-corrected chi connectivity index (χ4v) is 3.68. The van der Waals surface area contributed by atoms with E-state index in [0.717, 1.165) is 24.3 Å². The van der Waals surface area contributed by atoms with Crippen LogP contribution in [0, 0.1) is 10.1 Å². The lowest BCUT2D eigenvalue weighted by Gasteiger charge is -2.17. The van der Waals surface area contributed by atoms with Crippen LogP contribution in [0.2, 0.25) is 0 Å². The van der Waals surface area contributed by atoms with Crippen molar-refractivity contribution in [2.24, 2.45) is 0 Å². The molecule has 3 aromatic rings. The Hall–Kier alpha value is -3.23. The molecule has 0 aromatic heterocycles. The molecule has 27 heavy (non-hydrogen) atoms. The van der Waals surface area contributed by atoms with Crippen LogP contribution in [0.25, 0.3) is 0 Å². The highest BCUT2D eigenvalue weighted by Gasteiger charge is 2.20. The third kappa shape index (κ3) is 4.13. The lowest BCUT2D eigenvalue weighted by molar-refractivity contribution is -0.384. The van der Waals surface area contributed by atoms with E-state index in [1.807, 2.05) is 6.07 Å². The van der Waals surface area contributed by atoms with Crippen molar-refractivity contribution >= 4 is 21.4 Å². The van der Waals surface area contributed by atoms with Crippen molar-refractivity contribution in [1.29, 1.82) is 0 Å². The topological polar surface area (TPSA) is 110 Å². The first-order valence-corrected chi connectivity index (χ1v) is 9.46. The Morgan fingerprint density at radius 1 is 0.889 bits per heavy atom. The van der Waals surface area contributed by atoms with Gasteiger partial charge in [-0.1, -0.05) is 48.5 Å². The van der Waals surface area contributed by atoms with Crippen molar-refractivity contribution < 1.29 is 18.4 Å². The van der Waals surface area contributed by atoms with Gasteiger partial charge in [-0.3, -0.25) is 14.8 Å². The van der Waals surface area contributed by atoms with Crippen LogP contribution in [0.15, 0.2) is 83.8 Å². The maximum absolute atomic E-state index is 12.6. The number of aliphatic hydroxyl groups is 1. The summed E-state index contributed by atoms with van der Waals surface area (Å²) in [5, 5.41) is 21.3. The second kappa shape index (κ2) is 7.56. The number of sulfonamides is 1. The molecule has 7 nitrogen and oxygen atoms in total. The van der Waals surface area contributed by atoms with Gasteiger partial charge in [0.05, 0.1) is 15.5 Å². The number of non-ortho nitro benzene ring substituents is 1. The second-order valence-electron chi connectivity index (χ2n) is 5.76. The molecule has 0 aliphatic heterocycles. The van der Waals surface area contributed by atoms with Crippen molar-refractivity contribution in [1.82, 2.24) is 0 Å². The molecule has 0 aliphatic carbocycles. The molecule has 1 atom stereocenters. The van der Waals surface area contributed by atoms with Gasteiger partial charge in [0.1, 0.15) is 6.10 Å². The maximum atomic E-state index is 12.6. The average Bonchev–Trinajstić information content (AvgIpc) is 2.68. The van der Waals surface area contributed by atoms with Gasteiger partial charge in [0.2, 0.25) is 0 Å². The van der Waals surface area contributed by atoms with Crippen molar-refractivity contribution in [3.63, 3.8) is 0 Å². The van der Waals surface area contributed by atoms with E-state index in [1.54, 1.807) is 48.5 Å². The number of para-hydroxylation sites is 1. The molecule has 0 bridgehead atoms. The van der Waals surface area contributed by atoms with Crippen molar-refractivity contribution in [3.05, 3.63) is 100 Å². The normalized spacial score (nSPS) is 12.3. The molecule has 1 unspecified atom stereocenters. The zero-order chi connectivity index (χ0) is 19.4. The predicted molar refractivity (Wildman–Crippen MR) is 101 cm³/mol. The van der Waals surface area contributed by atoms with Gasteiger partial charge in [0.25, 0.3) is 15.7 Å². The SMILES string of the molecule is O=[N+]([O-])c1ccc(S(=O)(=O)Nc2ccccc2C(O)c2ccccc2)cc1. The first-order valence-electron chi connectivity index (χ1n) is 7.98. The molecule has 2 N–H and O–H groups in total. The number of hydrogen-bond donors (Lipinski definition) is 2. The minimum atomic E-state index is -3.98. The summed E-state index contributed by atoms with van der Waals surface area (Å²) in [6, 6.07) is 20.0. The van der Waals surface area contributed by atoms with Crippen LogP contribution in [-0.4, -0.2) is 18.4 Å². The summed E-state index contributed by atoms with van der Waals surface area (Å²) in [4.78, 5) is 10.0. The molecule has 0 spiro atoms. The summed E-state index contributed by atoms with van der Waals surface area (Å²) in [5.74, 6) is 0. The van der Waals surface area contributed by atoms with E-state index < -0.39 is 21.1 Å². The monoisotopic (exact) mass is 384 g/mol. The number of aliphatic hydroxyl groups excluding tert-OH is 1. The Labute approximate surface area is 156 Å². The van der Waals surface area contributed by atoms with E-state index in [-0.39, 0.29) is 16.3 Å². The number of nitro groups is 1. The van der Waals surface area contributed by atoms with Gasteiger partial charge in [-0.25, -0.2) is 8.42 Å². The zero-order valence-electron chi connectivity index (χ0n) is 14.0. The molecule has 138 valence electrons. The van der Waals surface area contributed by atoms with E-state index in [2.05, 4.69) is 4.72 Å². The van der Waals surface area contributed by atoms with Crippen LogP contribution in [0.4, 0.5) is 11.4 Å². The van der Waals surface area contributed by atoms with E-state index >= 15 is 0 Å². The summed E-state index contributed by atoms with van der Waals surface area (Å²) in [6.45, 7) is 0.